The lowest BCUT2D eigenvalue weighted by atomic mass is 10.3. The van der Waals surface area contributed by atoms with Crippen LogP contribution in [0.4, 0.5) is 4.39 Å². The fraction of sp³-hybridized carbons (Fsp3) is 0.462. The van der Waals surface area contributed by atoms with E-state index in [0.717, 1.165) is 37.5 Å². The molecule has 2 heterocycles. The van der Waals surface area contributed by atoms with Gasteiger partial charge in [0.2, 0.25) is 0 Å². The van der Waals surface area contributed by atoms with Gasteiger partial charge in [-0.2, -0.15) is 0 Å². The molecule has 0 unspecified atom stereocenters. The average molecular weight is 362 g/mol. The third kappa shape index (κ3) is 2.40. The zero-order valence-electron chi connectivity index (χ0n) is 11.1. The normalized spacial score (nSPS) is 17.1. The van der Waals surface area contributed by atoms with Gasteiger partial charge < -0.3 is 9.91 Å². The van der Waals surface area contributed by atoms with Crippen LogP contribution in [0.3, 0.4) is 0 Å². The summed E-state index contributed by atoms with van der Waals surface area (Å²) in [6.45, 7) is 3.79. The lowest BCUT2D eigenvalue weighted by Gasteiger charge is -2.35. The molecule has 0 aliphatic carbocycles. The molecule has 0 saturated carbocycles. The number of piperazine rings is 1. The highest BCUT2D eigenvalue weighted by atomic mass is 79.9. The summed E-state index contributed by atoms with van der Waals surface area (Å²) in [6.07, 6.45) is 0. The largest absolute Gasteiger partial charge is 0.308 e. The monoisotopic (exact) mass is 360 g/mol. The van der Waals surface area contributed by atoms with E-state index >= 15 is 0 Å². The summed E-state index contributed by atoms with van der Waals surface area (Å²) in [5.74, 6) is 0.755. The van der Waals surface area contributed by atoms with Crippen molar-refractivity contribution in [1.29, 1.82) is 0 Å². The Morgan fingerprint density at radius 1 is 1.30 bits per heavy atom. The van der Waals surface area contributed by atoms with E-state index in [2.05, 4.69) is 37.9 Å². The molecule has 0 amide bonds. The van der Waals surface area contributed by atoms with Crippen LogP contribution in [-0.2, 0) is 5.88 Å². The summed E-state index contributed by atoms with van der Waals surface area (Å²) in [6, 6.07) is 3.22. The van der Waals surface area contributed by atoms with Crippen LogP contribution in [0.5, 0.6) is 0 Å². The molecule has 1 saturated heterocycles. The Kier molecular flexibility index (Phi) is 3.88. The number of likely N-dealkylation sites (N-methyl/N-ethyl adjacent to an activating group) is 1. The highest BCUT2D eigenvalue weighted by molar-refractivity contribution is 9.10. The quantitative estimate of drug-likeness (QED) is 0.769. The van der Waals surface area contributed by atoms with Crippen LogP contribution in [0.2, 0.25) is 0 Å². The van der Waals surface area contributed by atoms with Crippen molar-refractivity contribution in [2.45, 2.75) is 5.88 Å². The van der Waals surface area contributed by atoms with Crippen LogP contribution in [0.25, 0.3) is 11.0 Å². The molecule has 0 radical (unpaired) electrons. The lowest BCUT2D eigenvalue weighted by Crippen LogP contribution is -2.50. The summed E-state index contributed by atoms with van der Waals surface area (Å²) in [5, 5.41) is 2.22. The molecule has 4 nitrogen and oxygen atoms in total. The van der Waals surface area contributed by atoms with Gasteiger partial charge in [0.15, 0.2) is 0 Å². The number of imidazole rings is 1. The number of nitrogens with zero attached hydrogens (tertiary/aromatic N) is 4. The van der Waals surface area contributed by atoms with Crippen LogP contribution < -0.4 is 5.01 Å². The maximum atomic E-state index is 13.6. The zero-order chi connectivity index (χ0) is 14.3. The van der Waals surface area contributed by atoms with Crippen molar-refractivity contribution in [2.75, 3.05) is 38.2 Å². The summed E-state index contributed by atoms with van der Waals surface area (Å²) >= 11 is 9.24. The second-order valence-electron chi connectivity index (χ2n) is 4.99. The Labute approximate surface area is 130 Å². The van der Waals surface area contributed by atoms with Crippen LogP contribution in [-0.4, -0.2) is 47.8 Å². The maximum absolute atomic E-state index is 13.6. The molecule has 108 valence electrons. The van der Waals surface area contributed by atoms with E-state index in [1.54, 1.807) is 6.07 Å². The van der Waals surface area contributed by atoms with Gasteiger partial charge in [0.05, 0.1) is 21.4 Å². The first kappa shape index (κ1) is 14.1. The first-order valence-corrected chi connectivity index (χ1v) is 7.79. The second kappa shape index (κ2) is 5.50. The van der Waals surface area contributed by atoms with Gasteiger partial charge >= 0.3 is 0 Å². The number of aromatic nitrogens is 2. The molecule has 1 aliphatic rings. The summed E-state index contributed by atoms with van der Waals surface area (Å²) in [5.41, 5.74) is 1.53. The average Bonchev–Trinajstić information content (AvgIpc) is 2.78. The predicted molar refractivity (Wildman–Crippen MR) is 82.4 cm³/mol. The topological polar surface area (TPSA) is 24.3 Å². The number of halogens is 3. The first-order chi connectivity index (χ1) is 9.60. The zero-order valence-corrected chi connectivity index (χ0v) is 13.5. The van der Waals surface area contributed by atoms with Gasteiger partial charge in [-0.15, -0.1) is 11.6 Å². The predicted octanol–water partition coefficient (Wildman–Crippen LogP) is 2.56. The Morgan fingerprint density at radius 3 is 2.65 bits per heavy atom. The number of fused-ring (bicyclic) bond motifs is 1. The third-order valence-corrected chi connectivity index (χ3v) is 4.47. The van der Waals surface area contributed by atoms with Gasteiger partial charge in [-0.1, -0.05) is 0 Å². The Bertz CT molecular complexity index is 637. The SMILES string of the molecule is CN1CCN(n2c(CCl)nc3cc(F)c(Br)cc32)CC1. The molecule has 3 rings (SSSR count). The molecule has 1 aromatic carbocycles. The van der Waals surface area contributed by atoms with Crippen LogP contribution in [0.15, 0.2) is 16.6 Å². The van der Waals surface area contributed by atoms with Gasteiger partial charge in [-0.25, -0.2) is 14.1 Å². The Morgan fingerprint density at radius 2 is 2.00 bits per heavy atom. The van der Waals surface area contributed by atoms with Crippen molar-refractivity contribution < 1.29 is 4.39 Å². The number of rotatable bonds is 2. The third-order valence-electron chi connectivity index (χ3n) is 3.62. The van der Waals surface area contributed by atoms with Crippen molar-refractivity contribution >= 4 is 38.6 Å². The van der Waals surface area contributed by atoms with Crippen molar-refractivity contribution in [3.63, 3.8) is 0 Å². The summed E-state index contributed by atoms with van der Waals surface area (Å²) in [4.78, 5) is 6.73. The van der Waals surface area contributed by atoms with Gasteiger partial charge in [-0.3, -0.25) is 0 Å². The molecule has 20 heavy (non-hydrogen) atoms. The van der Waals surface area contributed by atoms with Gasteiger partial charge in [-0.05, 0) is 29.0 Å². The standard InChI is InChI=1S/C13H15BrClFN4/c1-18-2-4-19(5-3-18)20-12-6-9(14)10(16)7-11(12)17-13(20)8-15/h6-7H,2-5,8H2,1H3. The number of alkyl halides is 1. The number of hydrogen-bond donors (Lipinski definition) is 0. The second-order valence-corrected chi connectivity index (χ2v) is 6.11. The van der Waals surface area contributed by atoms with E-state index in [1.807, 2.05) is 4.68 Å². The molecule has 7 heteroatoms. The maximum Gasteiger partial charge on any atom is 0.143 e. The highest BCUT2D eigenvalue weighted by Gasteiger charge is 2.20. The molecule has 0 bridgehead atoms. The Hall–Kier alpha value is -0.850. The van der Waals surface area contributed by atoms with E-state index in [4.69, 9.17) is 11.6 Å². The van der Waals surface area contributed by atoms with Crippen molar-refractivity contribution in [3.05, 3.63) is 28.2 Å². The number of hydrogen-bond acceptors (Lipinski definition) is 3. The van der Waals surface area contributed by atoms with E-state index in [9.17, 15) is 4.39 Å². The van der Waals surface area contributed by atoms with Crippen LogP contribution in [0.1, 0.15) is 5.82 Å². The molecular formula is C13H15BrClFN4. The lowest BCUT2D eigenvalue weighted by molar-refractivity contribution is 0.288. The van der Waals surface area contributed by atoms with Crippen molar-refractivity contribution in [1.82, 2.24) is 14.6 Å². The molecule has 1 aromatic heterocycles. The molecular weight excluding hydrogens is 347 g/mol. The Balaban J connectivity index is 2.10. The fourth-order valence-corrected chi connectivity index (χ4v) is 3.01. The molecule has 0 atom stereocenters. The van der Waals surface area contributed by atoms with Crippen molar-refractivity contribution in [2.24, 2.45) is 0 Å². The minimum Gasteiger partial charge on any atom is -0.308 e. The van der Waals surface area contributed by atoms with E-state index in [0.29, 0.717) is 15.9 Å². The minimum absolute atomic E-state index is 0.304. The number of benzene rings is 1. The highest BCUT2D eigenvalue weighted by Crippen LogP contribution is 2.25. The van der Waals surface area contributed by atoms with Gasteiger partial charge in [0.25, 0.3) is 0 Å². The van der Waals surface area contributed by atoms with Gasteiger partial charge in [0, 0.05) is 32.2 Å². The fourth-order valence-electron chi connectivity index (χ4n) is 2.51. The molecule has 0 spiro atoms. The van der Waals surface area contributed by atoms with Crippen LogP contribution >= 0.6 is 27.5 Å². The molecule has 1 fully saturated rings. The minimum atomic E-state index is -0.304. The first-order valence-electron chi connectivity index (χ1n) is 6.46. The van der Waals surface area contributed by atoms with Crippen molar-refractivity contribution in [3.8, 4) is 0 Å². The molecule has 0 N–H and O–H groups in total. The molecule has 1 aliphatic heterocycles. The van der Waals surface area contributed by atoms with E-state index in [1.165, 1.54) is 6.07 Å². The van der Waals surface area contributed by atoms with E-state index in [-0.39, 0.29) is 5.82 Å². The summed E-state index contributed by atoms with van der Waals surface area (Å²) < 4.78 is 16.1. The van der Waals surface area contributed by atoms with E-state index < -0.39 is 0 Å². The summed E-state index contributed by atoms with van der Waals surface area (Å²) in [7, 11) is 2.11. The van der Waals surface area contributed by atoms with Crippen LogP contribution in [0, 0.1) is 5.82 Å². The smallest absolute Gasteiger partial charge is 0.143 e. The van der Waals surface area contributed by atoms with Gasteiger partial charge in [0.1, 0.15) is 11.6 Å². The molecule has 2 aromatic rings.